The summed E-state index contributed by atoms with van der Waals surface area (Å²) in [6, 6.07) is 5.52. The molecule has 0 fully saturated rings. The van der Waals surface area contributed by atoms with Gasteiger partial charge >= 0.3 is 0 Å². The van der Waals surface area contributed by atoms with Crippen molar-refractivity contribution in [3.63, 3.8) is 0 Å². The van der Waals surface area contributed by atoms with E-state index >= 15 is 0 Å². The molecule has 0 bridgehead atoms. The third-order valence-electron chi connectivity index (χ3n) is 1.80. The van der Waals surface area contributed by atoms with Crippen LogP contribution < -0.4 is 5.32 Å². The fourth-order valence-corrected chi connectivity index (χ4v) is 2.41. The lowest BCUT2D eigenvalue weighted by molar-refractivity contribution is 1.18. The van der Waals surface area contributed by atoms with E-state index in [4.69, 9.17) is 23.2 Å². The smallest absolute Gasteiger partial charge is 0.156 e. The van der Waals surface area contributed by atoms with Gasteiger partial charge in [-0.05, 0) is 17.7 Å². The average molecular weight is 263 g/mol. The van der Waals surface area contributed by atoms with Crippen LogP contribution >= 0.6 is 35.0 Å². The van der Waals surface area contributed by atoms with Crippen molar-refractivity contribution < 1.29 is 0 Å². The van der Waals surface area contributed by atoms with E-state index in [-0.39, 0.29) is 0 Å². The number of hydrogen-bond donors (Lipinski definition) is 1. The summed E-state index contributed by atoms with van der Waals surface area (Å²) in [7, 11) is 3.60. The number of rotatable bonds is 2. The van der Waals surface area contributed by atoms with Crippen LogP contribution in [0, 0.1) is 0 Å². The third-order valence-corrected chi connectivity index (χ3v) is 3.50. The molecule has 0 atom stereocenters. The van der Waals surface area contributed by atoms with Gasteiger partial charge in [-0.1, -0.05) is 41.0 Å². The lowest BCUT2D eigenvalue weighted by Gasteiger charge is -2.06. The molecule has 0 amide bonds. The van der Waals surface area contributed by atoms with Crippen molar-refractivity contribution in [2.75, 3.05) is 14.1 Å². The monoisotopic (exact) mass is 262 g/mol. The highest BCUT2D eigenvalue weighted by Crippen LogP contribution is 2.24. The second-order valence-corrected chi connectivity index (χ2v) is 4.61. The van der Waals surface area contributed by atoms with E-state index < -0.39 is 0 Å². The summed E-state index contributed by atoms with van der Waals surface area (Å²) in [4.78, 5) is 4.07. The van der Waals surface area contributed by atoms with Crippen molar-refractivity contribution in [3.8, 4) is 0 Å². The molecule has 0 saturated carbocycles. The van der Waals surface area contributed by atoms with Crippen LogP contribution in [0.2, 0.25) is 10.0 Å². The average Bonchev–Trinajstić information content (AvgIpc) is 2.22. The van der Waals surface area contributed by atoms with E-state index in [2.05, 4.69) is 10.3 Å². The Balaban J connectivity index is 2.65. The molecule has 1 aromatic rings. The molecule has 2 nitrogen and oxygen atoms in total. The molecular formula is C10H12Cl2N2S. The molecule has 5 heteroatoms. The van der Waals surface area contributed by atoms with Crippen LogP contribution in [-0.4, -0.2) is 19.3 Å². The Labute approximate surface area is 104 Å². The zero-order valence-corrected chi connectivity index (χ0v) is 10.9. The van der Waals surface area contributed by atoms with Gasteiger partial charge in [0.05, 0.1) is 0 Å². The number of benzene rings is 1. The number of aliphatic imine (C=N–C) groups is 1. The van der Waals surface area contributed by atoms with Crippen molar-refractivity contribution in [1.82, 2.24) is 5.32 Å². The summed E-state index contributed by atoms with van der Waals surface area (Å²) in [5.41, 5.74) is 1.06. The van der Waals surface area contributed by atoms with Crippen LogP contribution in [-0.2, 0) is 5.75 Å². The zero-order chi connectivity index (χ0) is 11.3. The van der Waals surface area contributed by atoms with Gasteiger partial charge in [0.1, 0.15) is 0 Å². The summed E-state index contributed by atoms with van der Waals surface area (Å²) in [5, 5.41) is 5.24. The Hall–Kier alpha value is -0.380. The fourth-order valence-electron chi connectivity index (χ4n) is 1.03. The van der Waals surface area contributed by atoms with E-state index in [1.54, 1.807) is 24.9 Å². The Morgan fingerprint density at radius 2 is 2.20 bits per heavy atom. The van der Waals surface area contributed by atoms with Crippen molar-refractivity contribution in [2.24, 2.45) is 4.99 Å². The van der Waals surface area contributed by atoms with Crippen LogP contribution in [0.15, 0.2) is 23.2 Å². The van der Waals surface area contributed by atoms with Gasteiger partial charge < -0.3 is 5.32 Å². The van der Waals surface area contributed by atoms with Gasteiger partial charge in [0.25, 0.3) is 0 Å². The highest BCUT2D eigenvalue weighted by atomic mass is 35.5. The van der Waals surface area contributed by atoms with Crippen LogP contribution in [0.3, 0.4) is 0 Å². The van der Waals surface area contributed by atoms with Gasteiger partial charge in [0.2, 0.25) is 0 Å². The molecule has 0 aliphatic heterocycles. The van der Waals surface area contributed by atoms with Crippen LogP contribution in [0.25, 0.3) is 0 Å². The number of hydrogen-bond acceptors (Lipinski definition) is 2. The summed E-state index contributed by atoms with van der Waals surface area (Å²) in [5.74, 6) is 0.781. The maximum absolute atomic E-state index is 6.04. The minimum Gasteiger partial charge on any atom is -0.368 e. The third kappa shape index (κ3) is 3.93. The maximum atomic E-state index is 6.04. The van der Waals surface area contributed by atoms with Gasteiger partial charge in [-0.2, -0.15) is 0 Å². The number of nitrogens with zero attached hydrogens (tertiary/aromatic N) is 1. The highest BCUT2D eigenvalue weighted by Gasteiger charge is 2.03. The molecule has 1 rings (SSSR count). The molecule has 0 unspecified atom stereocenters. The van der Waals surface area contributed by atoms with Crippen molar-refractivity contribution >= 4 is 40.1 Å². The van der Waals surface area contributed by atoms with Crippen molar-refractivity contribution in [1.29, 1.82) is 0 Å². The molecule has 0 heterocycles. The van der Waals surface area contributed by atoms with Gasteiger partial charge in [-0.3, -0.25) is 4.99 Å². The number of halogens is 2. The maximum Gasteiger partial charge on any atom is 0.156 e. The Morgan fingerprint density at radius 1 is 1.47 bits per heavy atom. The SMILES string of the molecule is C/N=C(/NC)SCc1ccc(Cl)cc1Cl. The normalized spacial score (nSPS) is 11.6. The first kappa shape index (κ1) is 12.7. The Morgan fingerprint density at radius 3 is 2.73 bits per heavy atom. The lowest BCUT2D eigenvalue weighted by Crippen LogP contribution is -2.14. The molecule has 0 radical (unpaired) electrons. The van der Waals surface area contributed by atoms with E-state index in [1.165, 1.54) is 0 Å². The number of amidine groups is 1. The Kier molecular flexibility index (Phi) is 5.29. The molecule has 15 heavy (non-hydrogen) atoms. The van der Waals surface area contributed by atoms with E-state index in [9.17, 15) is 0 Å². The largest absolute Gasteiger partial charge is 0.368 e. The molecule has 0 spiro atoms. The molecule has 0 aromatic heterocycles. The summed E-state index contributed by atoms with van der Waals surface area (Å²) >= 11 is 13.5. The fraction of sp³-hybridized carbons (Fsp3) is 0.300. The predicted molar refractivity (Wildman–Crippen MR) is 70.2 cm³/mol. The van der Waals surface area contributed by atoms with Gasteiger partial charge in [-0.25, -0.2) is 0 Å². The molecule has 0 saturated heterocycles. The summed E-state index contributed by atoms with van der Waals surface area (Å²) < 4.78 is 0. The summed E-state index contributed by atoms with van der Waals surface area (Å²) in [6.45, 7) is 0. The zero-order valence-electron chi connectivity index (χ0n) is 8.55. The second kappa shape index (κ2) is 6.26. The summed E-state index contributed by atoms with van der Waals surface area (Å²) in [6.07, 6.45) is 0. The van der Waals surface area contributed by atoms with Gasteiger partial charge in [-0.15, -0.1) is 0 Å². The molecular weight excluding hydrogens is 251 g/mol. The Bertz CT molecular complexity index is 366. The van der Waals surface area contributed by atoms with E-state index in [0.29, 0.717) is 10.0 Å². The second-order valence-electron chi connectivity index (χ2n) is 2.80. The minimum atomic E-state index is 0.659. The first-order valence-corrected chi connectivity index (χ1v) is 6.12. The van der Waals surface area contributed by atoms with E-state index in [0.717, 1.165) is 16.5 Å². The number of nitrogens with one attached hydrogen (secondary N) is 1. The minimum absolute atomic E-state index is 0.659. The first-order chi connectivity index (χ1) is 7.17. The number of thioether (sulfide) groups is 1. The van der Waals surface area contributed by atoms with Crippen LogP contribution in [0.5, 0.6) is 0 Å². The standard InChI is InChI=1S/C10H12Cl2N2S/c1-13-10(14-2)15-6-7-3-4-8(11)5-9(7)12/h3-5H,6H2,1-2H3,(H,13,14). The topological polar surface area (TPSA) is 24.4 Å². The molecule has 0 aliphatic carbocycles. The molecule has 1 N–H and O–H groups in total. The van der Waals surface area contributed by atoms with Crippen LogP contribution in [0.4, 0.5) is 0 Å². The van der Waals surface area contributed by atoms with Gasteiger partial charge in [0, 0.05) is 29.9 Å². The molecule has 0 aliphatic rings. The van der Waals surface area contributed by atoms with Gasteiger partial charge in [0.15, 0.2) is 5.17 Å². The van der Waals surface area contributed by atoms with Crippen molar-refractivity contribution in [2.45, 2.75) is 5.75 Å². The lowest BCUT2D eigenvalue weighted by atomic mass is 10.2. The quantitative estimate of drug-likeness (QED) is 0.653. The van der Waals surface area contributed by atoms with Crippen LogP contribution in [0.1, 0.15) is 5.56 Å². The predicted octanol–water partition coefficient (Wildman–Crippen LogP) is 3.43. The van der Waals surface area contributed by atoms with E-state index in [1.807, 2.05) is 19.2 Å². The first-order valence-electron chi connectivity index (χ1n) is 4.38. The molecule has 82 valence electrons. The van der Waals surface area contributed by atoms with Crippen molar-refractivity contribution in [3.05, 3.63) is 33.8 Å². The highest BCUT2D eigenvalue weighted by molar-refractivity contribution is 8.13. The molecule has 1 aromatic carbocycles.